The van der Waals surface area contributed by atoms with Crippen LogP contribution in [0, 0.1) is 5.92 Å². The molecule has 0 heterocycles. The lowest BCUT2D eigenvalue weighted by Crippen LogP contribution is -2.57. The Labute approximate surface area is 160 Å². The zero-order valence-electron chi connectivity index (χ0n) is 17.5. The molecule has 0 aliphatic carbocycles. The van der Waals surface area contributed by atoms with Gasteiger partial charge in [0.15, 0.2) is 0 Å². The van der Waals surface area contributed by atoms with E-state index < -0.39 is 41.1 Å². The highest BCUT2D eigenvalue weighted by molar-refractivity contribution is 5.93. The Morgan fingerprint density at radius 2 is 1.56 bits per heavy atom. The van der Waals surface area contributed by atoms with Crippen LogP contribution in [0.5, 0.6) is 0 Å². The van der Waals surface area contributed by atoms with Crippen molar-refractivity contribution in [2.75, 3.05) is 13.7 Å². The van der Waals surface area contributed by atoms with Crippen LogP contribution in [-0.2, 0) is 23.9 Å². The van der Waals surface area contributed by atoms with E-state index in [2.05, 4.69) is 20.7 Å². The van der Waals surface area contributed by atoms with Gasteiger partial charge in [0.05, 0.1) is 13.7 Å². The molecule has 0 aromatic carbocycles. The Morgan fingerprint density at radius 1 is 1.00 bits per heavy atom. The topological polar surface area (TPSA) is 123 Å². The van der Waals surface area contributed by atoms with Crippen molar-refractivity contribution in [3.63, 3.8) is 0 Å². The average molecular weight is 387 g/mol. The Kier molecular flexibility index (Phi) is 9.26. The van der Waals surface area contributed by atoms with Gasteiger partial charge >= 0.3 is 12.1 Å². The zero-order chi connectivity index (χ0) is 21.4. The molecule has 156 valence electrons. The van der Waals surface area contributed by atoms with E-state index in [1.807, 2.05) is 13.8 Å². The summed E-state index contributed by atoms with van der Waals surface area (Å²) in [6, 6.07) is -0.785. The summed E-state index contributed by atoms with van der Waals surface area (Å²) in [4.78, 5) is 47.9. The summed E-state index contributed by atoms with van der Waals surface area (Å²) in [6.07, 6.45) is -0.326. The number of amides is 3. The van der Waals surface area contributed by atoms with Crippen LogP contribution in [0.2, 0.25) is 0 Å². The maximum Gasteiger partial charge on any atom is 0.408 e. The van der Waals surface area contributed by atoms with Crippen molar-refractivity contribution < 1.29 is 28.7 Å². The van der Waals surface area contributed by atoms with Gasteiger partial charge in [0.25, 0.3) is 0 Å². The van der Waals surface area contributed by atoms with Crippen LogP contribution < -0.4 is 16.0 Å². The molecule has 0 aliphatic heterocycles. The summed E-state index contributed by atoms with van der Waals surface area (Å²) in [7, 11) is 1.24. The molecule has 0 fully saturated rings. The number of methoxy groups -OCH3 is 1. The zero-order valence-corrected chi connectivity index (χ0v) is 17.5. The van der Waals surface area contributed by atoms with E-state index in [-0.39, 0.29) is 12.5 Å². The first-order chi connectivity index (χ1) is 12.2. The lowest BCUT2D eigenvalue weighted by Gasteiger charge is -2.27. The van der Waals surface area contributed by atoms with E-state index in [0.29, 0.717) is 6.42 Å². The fourth-order valence-electron chi connectivity index (χ4n) is 2.07. The molecule has 0 aromatic rings. The summed E-state index contributed by atoms with van der Waals surface area (Å²) in [5, 5.41) is 7.42. The summed E-state index contributed by atoms with van der Waals surface area (Å²) < 4.78 is 9.79. The Morgan fingerprint density at radius 3 is 2.00 bits per heavy atom. The molecule has 1 atom stereocenters. The molecule has 27 heavy (non-hydrogen) atoms. The molecule has 0 aliphatic rings. The lowest BCUT2D eigenvalue weighted by atomic mass is 10.0. The standard InChI is InChI=1S/C18H33N3O6/c1-11(2)9-12(14(23)26-8)20-13(22)10-19-15(24)18(6,7)21-16(25)27-17(3,4)5/h11-12H,9-10H2,1-8H3,(H,19,24)(H,20,22)(H,21,25)/t12-/m0/s1. The van der Waals surface area contributed by atoms with Gasteiger partial charge in [-0.2, -0.15) is 0 Å². The van der Waals surface area contributed by atoms with Crippen molar-refractivity contribution in [2.45, 2.75) is 72.1 Å². The van der Waals surface area contributed by atoms with Crippen LogP contribution >= 0.6 is 0 Å². The molecule has 3 N–H and O–H groups in total. The molecular formula is C18H33N3O6. The molecule has 0 bridgehead atoms. The number of hydrogen-bond donors (Lipinski definition) is 3. The van der Waals surface area contributed by atoms with Crippen LogP contribution in [0.15, 0.2) is 0 Å². The number of hydrogen-bond acceptors (Lipinski definition) is 6. The third kappa shape index (κ3) is 10.4. The molecule has 0 unspecified atom stereocenters. The number of carbonyl (C=O) groups excluding carboxylic acids is 4. The molecule has 0 radical (unpaired) electrons. The highest BCUT2D eigenvalue weighted by atomic mass is 16.6. The fraction of sp³-hybridized carbons (Fsp3) is 0.778. The normalized spacial score (nSPS) is 12.8. The monoisotopic (exact) mass is 387 g/mol. The maximum absolute atomic E-state index is 12.3. The minimum atomic E-state index is -1.29. The highest BCUT2D eigenvalue weighted by Gasteiger charge is 2.32. The predicted octanol–water partition coefficient (Wildman–Crippen LogP) is 1.11. The Balaban J connectivity index is 4.66. The van der Waals surface area contributed by atoms with Gasteiger partial charge in [0.2, 0.25) is 11.8 Å². The first kappa shape index (κ1) is 24.7. The highest BCUT2D eigenvalue weighted by Crippen LogP contribution is 2.10. The van der Waals surface area contributed by atoms with Gasteiger partial charge < -0.3 is 25.4 Å². The number of nitrogens with one attached hydrogen (secondary N) is 3. The second kappa shape index (κ2) is 10.1. The van der Waals surface area contributed by atoms with Crippen molar-refractivity contribution in [3.05, 3.63) is 0 Å². The van der Waals surface area contributed by atoms with Crippen LogP contribution in [0.1, 0.15) is 54.9 Å². The minimum absolute atomic E-state index is 0.168. The van der Waals surface area contributed by atoms with Crippen LogP contribution in [0.4, 0.5) is 4.79 Å². The molecule has 3 amide bonds. The predicted molar refractivity (Wildman–Crippen MR) is 99.9 cm³/mol. The van der Waals surface area contributed by atoms with Gasteiger partial charge in [-0.25, -0.2) is 9.59 Å². The van der Waals surface area contributed by atoms with E-state index in [0.717, 1.165) is 0 Å². The summed E-state index contributed by atoms with van der Waals surface area (Å²) in [5.74, 6) is -1.48. The maximum atomic E-state index is 12.3. The number of alkyl carbamates (subject to hydrolysis) is 1. The molecule has 0 aromatic heterocycles. The summed E-state index contributed by atoms with van der Waals surface area (Å²) in [5.41, 5.74) is -1.99. The molecule has 0 saturated heterocycles. The first-order valence-corrected chi connectivity index (χ1v) is 8.84. The molecular weight excluding hydrogens is 354 g/mol. The molecule has 0 spiro atoms. The number of ether oxygens (including phenoxy) is 2. The second-order valence-electron chi connectivity index (χ2n) is 8.21. The third-order valence-electron chi connectivity index (χ3n) is 3.32. The van der Waals surface area contributed by atoms with Gasteiger partial charge in [-0.05, 0) is 47.0 Å². The Bertz CT molecular complexity index is 552. The van der Waals surface area contributed by atoms with Gasteiger partial charge in [-0.15, -0.1) is 0 Å². The summed E-state index contributed by atoms with van der Waals surface area (Å²) in [6.45, 7) is 11.6. The number of rotatable bonds is 8. The fourth-order valence-corrected chi connectivity index (χ4v) is 2.07. The van der Waals surface area contributed by atoms with Crippen molar-refractivity contribution in [1.29, 1.82) is 0 Å². The van der Waals surface area contributed by atoms with E-state index in [1.165, 1.54) is 21.0 Å². The number of esters is 1. The first-order valence-electron chi connectivity index (χ1n) is 8.84. The van der Waals surface area contributed by atoms with Crippen LogP contribution in [0.25, 0.3) is 0 Å². The van der Waals surface area contributed by atoms with Crippen molar-refractivity contribution in [2.24, 2.45) is 5.92 Å². The van der Waals surface area contributed by atoms with Crippen molar-refractivity contribution >= 4 is 23.9 Å². The van der Waals surface area contributed by atoms with E-state index in [4.69, 9.17) is 4.74 Å². The quantitative estimate of drug-likeness (QED) is 0.536. The molecule has 9 heteroatoms. The number of carbonyl (C=O) groups is 4. The van der Waals surface area contributed by atoms with Crippen molar-refractivity contribution in [3.8, 4) is 0 Å². The van der Waals surface area contributed by atoms with Gasteiger partial charge in [-0.3, -0.25) is 9.59 Å². The smallest absolute Gasteiger partial charge is 0.408 e. The summed E-state index contributed by atoms with van der Waals surface area (Å²) >= 11 is 0. The largest absolute Gasteiger partial charge is 0.467 e. The minimum Gasteiger partial charge on any atom is -0.467 e. The van der Waals surface area contributed by atoms with Crippen LogP contribution in [-0.4, -0.2) is 54.7 Å². The average Bonchev–Trinajstić information content (AvgIpc) is 2.47. The lowest BCUT2D eigenvalue weighted by molar-refractivity contribution is -0.145. The van der Waals surface area contributed by atoms with E-state index in [1.54, 1.807) is 20.8 Å². The SMILES string of the molecule is COC(=O)[C@H](CC(C)C)NC(=O)CNC(=O)C(C)(C)NC(=O)OC(C)(C)C. The van der Waals surface area contributed by atoms with E-state index >= 15 is 0 Å². The third-order valence-corrected chi connectivity index (χ3v) is 3.32. The van der Waals surface area contributed by atoms with Gasteiger partial charge in [0, 0.05) is 0 Å². The van der Waals surface area contributed by atoms with Gasteiger partial charge in [0.1, 0.15) is 17.2 Å². The van der Waals surface area contributed by atoms with Crippen LogP contribution in [0.3, 0.4) is 0 Å². The molecule has 0 saturated carbocycles. The van der Waals surface area contributed by atoms with Gasteiger partial charge in [-0.1, -0.05) is 13.8 Å². The Hall–Kier alpha value is -2.32. The second-order valence-corrected chi connectivity index (χ2v) is 8.21. The van der Waals surface area contributed by atoms with Crippen molar-refractivity contribution in [1.82, 2.24) is 16.0 Å². The van der Waals surface area contributed by atoms with E-state index in [9.17, 15) is 19.2 Å². The molecule has 0 rings (SSSR count). The molecule has 9 nitrogen and oxygen atoms in total.